The third kappa shape index (κ3) is 4.99. The quantitative estimate of drug-likeness (QED) is 0.640. The lowest BCUT2D eigenvalue weighted by Crippen LogP contribution is -2.36. The Morgan fingerprint density at radius 2 is 1.74 bits per heavy atom. The normalized spacial score (nSPS) is 13.9. The number of hydrogen-bond donors (Lipinski definition) is 2. The molecule has 3 aromatic rings. The van der Waals surface area contributed by atoms with Crippen molar-refractivity contribution in [2.75, 3.05) is 18.4 Å². The molecule has 1 fully saturated rings. The predicted octanol–water partition coefficient (Wildman–Crippen LogP) is 3.51. The Balaban J connectivity index is 1.36. The van der Waals surface area contributed by atoms with Gasteiger partial charge < -0.3 is 15.2 Å². The van der Waals surface area contributed by atoms with Crippen molar-refractivity contribution in [2.24, 2.45) is 0 Å². The van der Waals surface area contributed by atoms with Gasteiger partial charge in [0.05, 0.1) is 22.2 Å². The molecule has 0 radical (unpaired) electrons. The second-order valence-corrected chi connectivity index (χ2v) is 7.83. The van der Waals surface area contributed by atoms with Gasteiger partial charge in [-0.1, -0.05) is 24.3 Å². The third-order valence-electron chi connectivity index (χ3n) is 5.55. The van der Waals surface area contributed by atoms with Crippen LogP contribution in [0.25, 0.3) is 10.9 Å². The first-order chi connectivity index (χ1) is 15.1. The van der Waals surface area contributed by atoms with Crippen molar-refractivity contribution in [3.8, 4) is 0 Å². The summed E-state index contributed by atoms with van der Waals surface area (Å²) in [4.78, 5) is 46.6. The highest BCUT2D eigenvalue weighted by molar-refractivity contribution is 6.03. The summed E-state index contributed by atoms with van der Waals surface area (Å²) in [6, 6.07) is 14.3. The van der Waals surface area contributed by atoms with Crippen molar-refractivity contribution in [2.45, 2.75) is 38.5 Å². The highest BCUT2D eigenvalue weighted by atomic mass is 16.2. The van der Waals surface area contributed by atoms with E-state index in [1.807, 2.05) is 23.1 Å². The first kappa shape index (κ1) is 20.8. The SMILES string of the molecule is O=C(CCCc1nc2ccccc2c(=O)[nH]1)Nc1ccccc1C(=O)N1CCCCC1. The minimum atomic E-state index is -0.171. The number of H-pyrrole nitrogens is 1. The number of nitrogens with zero attached hydrogens (tertiary/aromatic N) is 2. The zero-order valence-corrected chi connectivity index (χ0v) is 17.4. The van der Waals surface area contributed by atoms with Crippen LogP contribution in [0, 0.1) is 0 Å². The molecule has 160 valence electrons. The molecule has 31 heavy (non-hydrogen) atoms. The lowest BCUT2D eigenvalue weighted by atomic mass is 10.1. The maximum Gasteiger partial charge on any atom is 0.258 e. The Labute approximate surface area is 180 Å². The Morgan fingerprint density at radius 3 is 2.58 bits per heavy atom. The van der Waals surface area contributed by atoms with E-state index in [1.54, 1.807) is 30.3 Å². The average molecular weight is 418 g/mol. The van der Waals surface area contributed by atoms with Crippen LogP contribution in [0.3, 0.4) is 0 Å². The van der Waals surface area contributed by atoms with Crippen LogP contribution in [0.2, 0.25) is 0 Å². The van der Waals surface area contributed by atoms with E-state index in [4.69, 9.17) is 0 Å². The smallest absolute Gasteiger partial charge is 0.258 e. The van der Waals surface area contributed by atoms with E-state index in [-0.39, 0.29) is 23.8 Å². The fraction of sp³-hybridized carbons (Fsp3) is 0.333. The van der Waals surface area contributed by atoms with Crippen LogP contribution in [0.5, 0.6) is 0 Å². The van der Waals surface area contributed by atoms with Crippen LogP contribution in [0.15, 0.2) is 53.3 Å². The Kier molecular flexibility index (Phi) is 6.40. The molecule has 2 heterocycles. The van der Waals surface area contributed by atoms with E-state index in [0.717, 1.165) is 32.4 Å². The number of carbonyl (C=O) groups is 2. The monoisotopic (exact) mass is 418 g/mol. The fourth-order valence-corrected chi connectivity index (χ4v) is 3.93. The number of aromatic amines is 1. The summed E-state index contributed by atoms with van der Waals surface area (Å²) in [5.74, 6) is 0.368. The van der Waals surface area contributed by atoms with Crippen LogP contribution in [-0.4, -0.2) is 39.8 Å². The molecule has 7 nitrogen and oxygen atoms in total. The highest BCUT2D eigenvalue weighted by Crippen LogP contribution is 2.20. The lowest BCUT2D eigenvalue weighted by molar-refractivity contribution is -0.116. The standard InChI is InChI=1S/C24H26N4O3/c29-22(14-8-13-21-25-19-11-4-2-9-17(19)23(30)27-21)26-20-12-5-3-10-18(20)24(31)28-15-6-1-7-16-28/h2-5,9-12H,1,6-8,13-16H2,(H,26,29)(H,25,27,30). The molecule has 1 saturated heterocycles. The number of hydrogen-bond acceptors (Lipinski definition) is 4. The minimum Gasteiger partial charge on any atom is -0.339 e. The molecule has 0 atom stereocenters. The molecule has 4 rings (SSSR count). The first-order valence-electron chi connectivity index (χ1n) is 10.8. The Hall–Kier alpha value is -3.48. The molecule has 0 spiro atoms. The van der Waals surface area contributed by atoms with Crippen LogP contribution < -0.4 is 10.9 Å². The van der Waals surface area contributed by atoms with Crippen molar-refractivity contribution >= 4 is 28.4 Å². The summed E-state index contributed by atoms with van der Waals surface area (Å²) >= 11 is 0. The van der Waals surface area contributed by atoms with E-state index in [0.29, 0.717) is 40.8 Å². The predicted molar refractivity (Wildman–Crippen MR) is 120 cm³/mol. The average Bonchev–Trinajstić information content (AvgIpc) is 2.80. The number of likely N-dealkylation sites (tertiary alicyclic amines) is 1. The number of fused-ring (bicyclic) bond motifs is 1. The number of benzene rings is 2. The molecular weight excluding hydrogens is 392 g/mol. The molecule has 2 aromatic carbocycles. The molecule has 0 unspecified atom stereocenters. The van der Waals surface area contributed by atoms with Gasteiger partial charge in [0.25, 0.3) is 11.5 Å². The van der Waals surface area contributed by atoms with E-state index in [1.165, 1.54) is 0 Å². The number of aromatic nitrogens is 2. The van der Waals surface area contributed by atoms with E-state index >= 15 is 0 Å². The summed E-state index contributed by atoms with van der Waals surface area (Å²) in [5, 5.41) is 3.43. The number of anilines is 1. The summed E-state index contributed by atoms with van der Waals surface area (Å²) < 4.78 is 0. The van der Waals surface area contributed by atoms with Crippen LogP contribution in [0.1, 0.15) is 48.3 Å². The van der Waals surface area contributed by atoms with Crippen LogP contribution >= 0.6 is 0 Å². The van der Waals surface area contributed by atoms with Gasteiger partial charge in [-0.15, -0.1) is 0 Å². The van der Waals surface area contributed by atoms with E-state index < -0.39 is 0 Å². The van der Waals surface area contributed by atoms with E-state index in [9.17, 15) is 14.4 Å². The van der Waals surface area contributed by atoms with Crippen molar-refractivity contribution in [1.29, 1.82) is 0 Å². The van der Waals surface area contributed by atoms with Crippen LogP contribution in [-0.2, 0) is 11.2 Å². The molecule has 0 aliphatic carbocycles. The molecular formula is C24H26N4O3. The van der Waals surface area contributed by atoms with Crippen molar-refractivity contribution < 1.29 is 9.59 Å². The number of carbonyl (C=O) groups excluding carboxylic acids is 2. The molecule has 0 saturated carbocycles. The summed E-state index contributed by atoms with van der Waals surface area (Å²) in [6.07, 6.45) is 4.48. The first-order valence-corrected chi connectivity index (χ1v) is 10.8. The van der Waals surface area contributed by atoms with Gasteiger partial charge in [-0.3, -0.25) is 14.4 Å². The van der Waals surface area contributed by atoms with Crippen molar-refractivity contribution in [3.05, 3.63) is 70.3 Å². The molecule has 7 heteroatoms. The number of amides is 2. The molecule has 1 aliphatic heterocycles. The van der Waals surface area contributed by atoms with Crippen molar-refractivity contribution in [1.82, 2.24) is 14.9 Å². The number of nitrogens with one attached hydrogen (secondary N) is 2. The molecule has 0 bridgehead atoms. The maximum absolute atomic E-state index is 12.9. The summed E-state index contributed by atoms with van der Waals surface area (Å²) in [6.45, 7) is 1.52. The number of piperidine rings is 1. The van der Waals surface area contributed by atoms with Gasteiger partial charge in [-0.2, -0.15) is 0 Å². The molecule has 1 aromatic heterocycles. The molecule has 2 N–H and O–H groups in total. The zero-order valence-electron chi connectivity index (χ0n) is 17.4. The van der Waals surface area contributed by atoms with Gasteiger partial charge in [-0.05, 0) is 49.9 Å². The second-order valence-electron chi connectivity index (χ2n) is 7.83. The molecule has 1 aliphatic rings. The minimum absolute atomic E-state index is 0.0338. The summed E-state index contributed by atoms with van der Waals surface area (Å²) in [7, 11) is 0. The maximum atomic E-state index is 12.9. The van der Waals surface area contributed by atoms with Crippen LogP contribution in [0.4, 0.5) is 5.69 Å². The van der Waals surface area contributed by atoms with Crippen molar-refractivity contribution in [3.63, 3.8) is 0 Å². The molecule has 2 amide bonds. The van der Waals surface area contributed by atoms with Gasteiger partial charge in [0.1, 0.15) is 5.82 Å². The van der Waals surface area contributed by atoms with Gasteiger partial charge in [0.15, 0.2) is 0 Å². The number of para-hydroxylation sites is 2. The van der Waals surface area contributed by atoms with E-state index in [2.05, 4.69) is 15.3 Å². The highest BCUT2D eigenvalue weighted by Gasteiger charge is 2.21. The topological polar surface area (TPSA) is 95.2 Å². The number of rotatable bonds is 6. The van der Waals surface area contributed by atoms with Gasteiger partial charge in [0, 0.05) is 25.9 Å². The zero-order chi connectivity index (χ0) is 21.6. The fourth-order valence-electron chi connectivity index (χ4n) is 3.93. The number of aryl methyl sites for hydroxylation is 1. The Bertz CT molecular complexity index is 1150. The van der Waals surface area contributed by atoms with Gasteiger partial charge >= 0.3 is 0 Å². The van der Waals surface area contributed by atoms with Gasteiger partial charge in [0.2, 0.25) is 5.91 Å². The Morgan fingerprint density at radius 1 is 1.00 bits per heavy atom. The lowest BCUT2D eigenvalue weighted by Gasteiger charge is -2.27. The second kappa shape index (κ2) is 9.55. The third-order valence-corrected chi connectivity index (χ3v) is 5.55. The van der Waals surface area contributed by atoms with Gasteiger partial charge in [-0.25, -0.2) is 4.98 Å². The largest absolute Gasteiger partial charge is 0.339 e. The summed E-state index contributed by atoms with van der Waals surface area (Å²) in [5.41, 5.74) is 1.55.